The van der Waals surface area contributed by atoms with Crippen molar-refractivity contribution < 1.29 is 14.6 Å². The van der Waals surface area contributed by atoms with Gasteiger partial charge in [-0.2, -0.15) is 0 Å². The van der Waals surface area contributed by atoms with Gasteiger partial charge in [0.25, 0.3) is 0 Å². The first kappa shape index (κ1) is 16.3. The molecule has 4 heteroatoms. The Balaban J connectivity index is 1.50. The fourth-order valence-corrected chi connectivity index (χ4v) is 3.97. The zero-order valence-corrected chi connectivity index (χ0v) is 14.1. The van der Waals surface area contributed by atoms with Crippen LogP contribution in [0.15, 0.2) is 24.3 Å². The van der Waals surface area contributed by atoms with Crippen LogP contribution in [0.25, 0.3) is 0 Å². The lowest BCUT2D eigenvalue weighted by atomic mass is 9.71. The number of carbonyl (C=O) groups is 1. The molecule has 2 fully saturated rings. The SMILES string of the molecule is COc1ccccc1CC1CCN(C(=O)C2CC(C)(O)C2)CC1. The topological polar surface area (TPSA) is 49.8 Å². The Morgan fingerprint density at radius 3 is 2.57 bits per heavy atom. The molecule has 0 radical (unpaired) electrons. The molecule has 126 valence electrons. The maximum absolute atomic E-state index is 12.4. The molecule has 0 atom stereocenters. The second-order valence-electron chi connectivity index (χ2n) is 7.39. The number of carbonyl (C=O) groups excluding carboxylic acids is 1. The molecule has 1 saturated carbocycles. The molecule has 0 aromatic heterocycles. The summed E-state index contributed by atoms with van der Waals surface area (Å²) in [5.41, 5.74) is 0.637. The number of methoxy groups -OCH3 is 1. The quantitative estimate of drug-likeness (QED) is 0.929. The second-order valence-corrected chi connectivity index (χ2v) is 7.39. The van der Waals surface area contributed by atoms with Crippen LogP contribution in [0.1, 0.15) is 38.2 Å². The average molecular weight is 317 g/mol. The highest BCUT2D eigenvalue weighted by Crippen LogP contribution is 2.39. The predicted octanol–water partition coefficient (Wildman–Crippen LogP) is 2.64. The van der Waals surface area contributed by atoms with E-state index >= 15 is 0 Å². The number of piperidine rings is 1. The van der Waals surface area contributed by atoms with Gasteiger partial charge < -0.3 is 14.7 Å². The molecule has 0 spiro atoms. The Morgan fingerprint density at radius 2 is 1.96 bits per heavy atom. The summed E-state index contributed by atoms with van der Waals surface area (Å²) < 4.78 is 5.43. The van der Waals surface area contributed by atoms with E-state index in [4.69, 9.17) is 4.74 Å². The molecular weight excluding hydrogens is 290 g/mol. The van der Waals surface area contributed by atoms with Gasteiger partial charge in [0.05, 0.1) is 12.7 Å². The number of para-hydroxylation sites is 1. The van der Waals surface area contributed by atoms with E-state index in [0.29, 0.717) is 18.8 Å². The molecular formula is C19H27NO3. The fraction of sp³-hybridized carbons (Fsp3) is 0.632. The zero-order valence-electron chi connectivity index (χ0n) is 14.1. The van der Waals surface area contributed by atoms with Crippen molar-refractivity contribution in [1.82, 2.24) is 4.90 Å². The van der Waals surface area contributed by atoms with Crippen LogP contribution in [0.3, 0.4) is 0 Å². The number of aliphatic hydroxyl groups is 1. The van der Waals surface area contributed by atoms with Gasteiger partial charge in [-0.3, -0.25) is 4.79 Å². The third kappa shape index (κ3) is 3.69. The molecule has 1 N–H and O–H groups in total. The summed E-state index contributed by atoms with van der Waals surface area (Å²) in [6.45, 7) is 3.50. The minimum Gasteiger partial charge on any atom is -0.496 e. The van der Waals surface area contributed by atoms with E-state index in [-0.39, 0.29) is 11.8 Å². The molecule has 1 aliphatic heterocycles. The van der Waals surface area contributed by atoms with E-state index in [2.05, 4.69) is 12.1 Å². The lowest BCUT2D eigenvalue weighted by molar-refractivity contribution is -0.151. The minimum atomic E-state index is -0.623. The molecule has 4 nitrogen and oxygen atoms in total. The third-order valence-corrected chi connectivity index (χ3v) is 5.35. The summed E-state index contributed by atoms with van der Waals surface area (Å²) in [5.74, 6) is 1.85. The van der Waals surface area contributed by atoms with E-state index in [0.717, 1.165) is 38.1 Å². The molecule has 2 aliphatic rings. The molecule has 23 heavy (non-hydrogen) atoms. The average Bonchev–Trinajstić information content (AvgIpc) is 2.53. The van der Waals surface area contributed by atoms with E-state index in [1.54, 1.807) is 7.11 Å². The lowest BCUT2D eigenvalue weighted by Crippen LogP contribution is -2.51. The van der Waals surface area contributed by atoms with Crippen molar-refractivity contribution in [1.29, 1.82) is 0 Å². The van der Waals surface area contributed by atoms with E-state index in [1.165, 1.54) is 5.56 Å². The van der Waals surface area contributed by atoms with E-state index < -0.39 is 5.60 Å². The smallest absolute Gasteiger partial charge is 0.225 e. The van der Waals surface area contributed by atoms with Crippen LogP contribution in [-0.2, 0) is 11.2 Å². The summed E-state index contributed by atoms with van der Waals surface area (Å²) in [6, 6.07) is 8.19. The number of hydrogen-bond donors (Lipinski definition) is 1. The van der Waals surface area contributed by atoms with E-state index in [1.807, 2.05) is 24.0 Å². The van der Waals surface area contributed by atoms with Gasteiger partial charge in [0.1, 0.15) is 5.75 Å². The van der Waals surface area contributed by atoms with Crippen molar-refractivity contribution >= 4 is 5.91 Å². The number of hydrogen-bond acceptors (Lipinski definition) is 3. The Morgan fingerprint density at radius 1 is 1.30 bits per heavy atom. The first-order valence-electron chi connectivity index (χ1n) is 8.61. The molecule has 0 bridgehead atoms. The Kier molecular flexibility index (Phi) is 4.62. The van der Waals surface area contributed by atoms with Gasteiger partial charge in [-0.25, -0.2) is 0 Å². The van der Waals surface area contributed by atoms with Crippen molar-refractivity contribution in [3.63, 3.8) is 0 Å². The highest BCUT2D eigenvalue weighted by Gasteiger charge is 2.44. The number of likely N-dealkylation sites (tertiary alicyclic amines) is 1. The Labute approximate surface area is 138 Å². The van der Waals surface area contributed by atoms with Crippen LogP contribution in [0.2, 0.25) is 0 Å². The van der Waals surface area contributed by atoms with Gasteiger partial charge in [-0.15, -0.1) is 0 Å². The first-order valence-corrected chi connectivity index (χ1v) is 8.61. The van der Waals surface area contributed by atoms with Crippen molar-refractivity contribution in [3.05, 3.63) is 29.8 Å². The molecule has 1 aliphatic carbocycles. The predicted molar refractivity (Wildman–Crippen MR) is 89.3 cm³/mol. The maximum Gasteiger partial charge on any atom is 0.225 e. The van der Waals surface area contributed by atoms with Gasteiger partial charge in [-0.05, 0) is 56.6 Å². The molecule has 1 saturated heterocycles. The Hall–Kier alpha value is -1.55. The van der Waals surface area contributed by atoms with Crippen LogP contribution in [0.5, 0.6) is 5.75 Å². The highest BCUT2D eigenvalue weighted by molar-refractivity contribution is 5.80. The van der Waals surface area contributed by atoms with Crippen molar-refractivity contribution in [2.45, 2.75) is 44.6 Å². The van der Waals surface area contributed by atoms with Crippen LogP contribution < -0.4 is 4.74 Å². The molecule has 0 unspecified atom stereocenters. The lowest BCUT2D eigenvalue weighted by Gasteiger charge is -2.43. The third-order valence-electron chi connectivity index (χ3n) is 5.35. The largest absolute Gasteiger partial charge is 0.496 e. The summed E-state index contributed by atoms with van der Waals surface area (Å²) in [4.78, 5) is 14.4. The minimum absolute atomic E-state index is 0.0377. The normalized spacial score (nSPS) is 28.3. The van der Waals surface area contributed by atoms with Crippen LogP contribution in [-0.4, -0.2) is 41.7 Å². The van der Waals surface area contributed by atoms with Crippen molar-refractivity contribution in [2.75, 3.05) is 20.2 Å². The summed E-state index contributed by atoms with van der Waals surface area (Å²) in [6.07, 6.45) is 4.35. The number of benzene rings is 1. The Bertz CT molecular complexity index is 553. The van der Waals surface area contributed by atoms with Gasteiger partial charge in [-0.1, -0.05) is 18.2 Å². The molecule has 1 heterocycles. The molecule has 3 rings (SSSR count). The van der Waals surface area contributed by atoms with Gasteiger partial charge in [0.15, 0.2) is 0 Å². The first-order chi connectivity index (χ1) is 11.0. The summed E-state index contributed by atoms with van der Waals surface area (Å²) in [7, 11) is 1.72. The van der Waals surface area contributed by atoms with Gasteiger partial charge in [0, 0.05) is 19.0 Å². The number of amides is 1. The van der Waals surface area contributed by atoms with Crippen molar-refractivity contribution in [3.8, 4) is 5.75 Å². The van der Waals surface area contributed by atoms with E-state index in [9.17, 15) is 9.90 Å². The molecule has 1 aromatic rings. The second kappa shape index (κ2) is 6.52. The maximum atomic E-state index is 12.4. The highest BCUT2D eigenvalue weighted by atomic mass is 16.5. The van der Waals surface area contributed by atoms with Gasteiger partial charge >= 0.3 is 0 Å². The monoisotopic (exact) mass is 317 g/mol. The number of rotatable bonds is 4. The standard InChI is InChI=1S/C19H27NO3/c1-19(22)12-16(13-19)18(21)20-9-7-14(8-10-20)11-15-5-3-4-6-17(15)23-2/h3-6,14,16,22H,7-13H2,1-2H3. The van der Waals surface area contributed by atoms with Crippen LogP contribution in [0, 0.1) is 11.8 Å². The fourth-order valence-electron chi connectivity index (χ4n) is 3.97. The van der Waals surface area contributed by atoms with Crippen molar-refractivity contribution in [2.24, 2.45) is 11.8 Å². The van der Waals surface area contributed by atoms with Crippen LogP contribution >= 0.6 is 0 Å². The number of nitrogens with zero attached hydrogens (tertiary/aromatic N) is 1. The zero-order chi connectivity index (χ0) is 16.4. The molecule has 1 amide bonds. The number of ether oxygens (including phenoxy) is 1. The van der Waals surface area contributed by atoms with Gasteiger partial charge in [0.2, 0.25) is 5.91 Å². The molecule has 1 aromatic carbocycles. The summed E-state index contributed by atoms with van der Waals surface area (Å²) in [5, 5.41) is 9.80. The van der Waals surface area contributed by atoms with Crippen LogP contribution in [0.4, 0.5) is 0 Å². The summed E-state index contributed by atoms with van der Waals surface area (Å²) >= 11 is 0.